The van der Waals surface area contributed by atoms with Crippen LogP contribution < -0.4 is 32.4 Å². The SMILES string of the molecule is C=CCN(NC(=O)NCC(=O)N[C@@H](Cc1ccccc1)C(=O)N[C@@H](CC(C)C)C(N)=O)C(=O)[C@H](Cc1ccc(O)cc1)NC(C)=O. The molecule has 0 radical (unpaired) electrons. The summed E-state index contributed by atoms with van der Waals surface area (Å²) in [6.45, 7) is 7.91. The lowest BCUT2D eigenvalue weighted by Gasteiger charge is -2.27. The summed E-state index contributed by atoms with van der Waals surface area (Å²) < 4.78 is 0. The van der Waals surface area contributed by atoms with Gasteiger partial charge in [0.25, 0.3) is 5.91 Å². The number of hydrogen-bond acceptors (Lipinski definition) is 7. The molecule has 0 aromatic heterocycles. The zero-order valence-electron chi connectivity index (χ0n) is 26.2. The van der Waals surface area contributed by atoms with Crippen LogP contribution in [0.3, 0.4) is 0 Å². The Morgan fingerprint density at radius 2 is 1.48 bits per heavy atom. The lowest BCUT2D eigenvalue weighted by Crippen LogP contribution is -2.58. The van der Waals surface area contributed by atoms with Gasteiger partial charge in [-0.15, -0.1) is 6.58 Å². The molecular formula is C32H43N7O7. The third kappa shape index (κ3) is 13.1. The van der Waals surface area contributed by atoms with Crippen LogP contribution in [-0.4, -0.2) is 76.9 Å². The minimum atomic E-state index is -1.09. The Morgan fingerprint density at radius 1 is 0.870 bits per heavy atom. The van der Waals surface area contributed by atoms with E-state index in [9.17, 15) is 33.9 Å². The smallest absolute Gasteiger partial charge is 0.334 e. The van der Waals surface area contributed by atoms with Crippen LogP contribution in [0.4, 0.5) is 4.79 Å². The summed E-state index contributed by atoms with van der Waals surface area (Å²) in [5, 5.41) is 20.6. The van der Waals surface area contributed by atoms with Crippen LogP contribution >= 0.6 is 0 Å². The summed E-state index contributed by atoms with van der Waals surface area (Å²) in [4.78, 5) is 75.9. The molecule has 0 aliphatic carbocycles. The Hall–Kier alpha value is -5.40. The number of carbonyl (C=O) groups is 6. The summed E-state index contributed by atoms with van der Waals surface area (Å²) in [5.41, 5.74) is 9.22. The maximum Gasteiger partial charge on any atom is 0.334 e. The van der Waals surface area contributed by atoms with E-state index in [0.717, 1.165) is 10.6 Å². The van der Waals surface area contributed by atoms with E-state index >= 15 is 0 Å². The second-order valence-electron chi connectivity index (χ2n) is 11.1. The highest BCUT2D eigenvalue weighted by Gasteiger charge is 2.28. The molecule has 0 spiro atoms. The summed E-state index contributed by atoms with van der Waals surface area (Å²) in [5.74, 6) is -3.06. The number of rotatable bonds is 16. The molecule has 14 heteroatoms. The number of primary amides is 1. The third-order valence-electron chi connectivity index (χ3n) is 6.58. The normalized spacial score (nSPS) is 12.5. The van der Waals surface area contributed by atoms with Gasteiger partial charge in [-0.25, -0.2) is 15.2 Å². The number of aromatic hydroxyl groups is 1. The van der Waals surface area contributed by atoms with Gasteiger partial charge in [0.05, 0.1) is 13.1 Å². The van der Waals surface area contributed by atoms with Gasteiger partial charge in [-0.2, -0.15) is 0 Å². The highest BCUT2D eigenvalue weighted by Crippen LogP contribution is 2.12. The number of phenols is 1. The lowest BCUT2D eigenvalue weighted by molar-refractivity contribution is -0.137. The van der Waals surface area contributed by atoms with Crippen molar-refractivity contribution >= 4 is 35.6 Å². The van der Waals surface area contributed by atoms with Crippen LogP contribution in [-0.2, 0) is 36.8 Å². The molecule has 2 aromatic rings. The maximum absolute atomic E-state index is 13.3. The molecule has 3 atom stereocenters. The van der Waals surface area contributed by atoms with Crippen LogP contribution in [0.15, 0.2) is 67.3 Å². The highest BCUT2D eigenvalue weighted by atomic mass is 16.3. The van der Waals surface area contributed by atoms with Gasteiger partial charge >= 0.3 is 6.03 Å². The van der Waals surface area contributed by atoms with E-state index in [2.05, 4.69) is 33.3 Å². The van der Waals surface area contributed by atoms with Gasteiger partial charge in [0.1, 0.15) is 23.9 Å². The molecule has 46 heavy (non-hydrogen) atoms. The molecule has 248 valence electrons. The number of hydrogen-bond donors (Lipinski definition) is 7. The summed E-state index contributed by atoms with van der Waals surface area (Å²) in [7, 11) is 0. The molecule has 0 fully saturated rings. The Bertz CT molecular complexity index is 1370. The third-order valence-corrected chi connectivity index (χ3v) is 6.58. The fraction of sp³-hybridized carbons (Fsp3) is 0.375. The Labute approximate surface area is 268 Å². The minimum Gasteiger partial charge on any atom is -0.508 e. The summed E-state index contributed by atoms with van der Waals surface area (Å²) in [6.07, 6.45) is 1.84. The molecule has 0 aliphatic rings. The molecule has 0 bridgehead atoms. The van der Waals surface area contributed by atoms with E-state index in [-0.39, 0.29) is 31.1 Å². The fourth-order valence-corrected chi connectivity index (χ4v) is 4.44. The van der Waals surface area contributed by atoms with Crippen molar-refractivity contribution in [1.82, 2.24) is 31.7 Å². The Balaban J connectivity index is 2.08. The average Bonchev–Trinajstić information content (AvgIpc) is 2.99. The van der Waals surface area contributed by atoms with E-state index in [1.165, 1.54) is 25.1 Å². The first kappa shape index (κ1) is 36.8. The first-order chi connectivity index (χ1) is 21.8. The fourth-order valence-electron chi connectivity index (χ4n) is 4.44. The van der Waals surface area contributed by atoms with Crippen LogP contribution in [0, 0.1) is 5.92 Å². The monoisotopic (exact) mass is 637 g/mol. The predicted octanol–water partition coefficient (Wildman–Crippen LogP) is 0.412. The van der Waals surface area contributed by atoms with Crippen molar-refractivity contribution in [1.29, 1.82) is 0 Å². The maximum atomic E-state index is 13.3. The van der Waals surface area contributed by atoms with Crippen molar-refractivity contribution in [2.24, 2.45) is 11.7 Å². The Kier molecular flexibility index (Phi) is 14.7. The number of carbonyl (C=O) groups excluding carboxylic acids is 6. The van der Waals surface area contributed by atoms with Crippen molar-refractivity contribution in [2.75, 3.05) is 13.1 Å². The number of nitrogens with one attached hydrogen (secondary N) is 5. The second kappa shape index (κ2) is 18.4. The summed E-state index contributed by atoms with van der Waals surface area (Å²) >= 11 is 0. The molecule has 0 heterocycles. The topological polar surface area (TPSA) is 212 Å². The number of benzene rings is 2. The van der Waals surface area contributed by atoms with Crippen molar-refractivity contribution in [3.8, 4) is 5.75 Å². The van der Waals surface area contributed by atoms with E-state index in [1.807, 2.05) is 13.8 Å². The van der Waals surface area contributed by atoms with Gasteiger partial charge in [0.15, 0.2) is 0 Å². The van der Waals surface area contributed by atoms with Crippen LogP contribution in [0.5, 0.6) is 5.75 Å². The average molecular weight is 638 g/mol. The number of phenolic OH excluding ortho intramolecular Hbond substituents is 1. The van der Waals surface area contributed by atoms with E-state index in [0.29, 0.717) is 12.0 Å². The molecule has 7 amide bonds. The van der Waals surface area contributed by atoms with Gasteiger partial charge < -0.3 is 32.1 Å². The largest absolute Gasteiger partial charge is 0.508 e. The molecule has 0 aliphatic heterocycles. The van der Waals surface area contributed by atoms with Gasteiger partial charge in [-0.05, 0) is 35.6 Å². The van der Waals surface area contributed by atoms with E-state index < -0.39 is 60.2 Å². The lowest BCUT2D eigenvalue weighted by atomic mass is 10.0. The number of nitrogens with zero attached hydrogens (tertiary/aromatic N) is 1. The Morgan fingerprint density at radius 3 is 2.04 bits per heavy atom. The highest BCUT2D eigenvalue weighted by molar-refractivity contribution is 5.93. The molecular weight excluding hydrogens is 594 g/mol. The number of amides is 7. The molecule has 0 unspecified atom stereocenters. The van der Waals surface area contributed by atoms with Crippen LogP contribution in [0.1, 0.15) is 38.3 Å². The quantitative estimate of drug-likeness (QED) is 0.102. The number of nitrogens with two attached hydrogens (primary N) is 1. The van der Waals surface area contributed by atoms with Crippen molar-refractivity contribution < 1.29 is 33.9 Å². The van der Waals surface area contributed by atoms with Crippen molar-refractivity contribution in [3.63, 3.8) is 0 Å². The molecule has 14 nitrogen and oxygen atoms in total. The van der Waals surface area contributed by atoms with Gasteiger partial charge in [0, 0.05) is 19.8 Å². The first-order valence-corrected chi connectivity index (χ1v) is 14.7. The molecule has 0 saturated carbocycles. The second-order valence-corrected chi connectivity index (χ2v) is 11.1. The summed E-state index contributed by atoms with van der Waals surface area (Å²) in [6, 6.07) is 11.0. The van der Waals surface area contributed by atoms with Gasteiger partial charge in [-0.3, -0.25) is 24.0 Å². The first-order valence-electron chi connectivity index (χ1n) is 14.7. The predicted molar refractivity (Wildman–Crippen MR) is 171 cm³/mol. The van der Waals surface area contributed by atoms with Crippen molar-refractivity contribution in [2.45, 2.75) is 58.2 Å². The van der Waals surface area contributed by atoms with Gasteiger partial charge in [0.2, 0.25) is 23.6 Å². The molecule has 0 saturated heterocycles. The van der Waals surface area contributed by atoms with Crippen molar-refractivity contribution in [3.05, 3.63) is 78.4 Å². The van der Waals surface area contributed by atoms with E-state index in [4.69, 9.17) is 5.73 Å². The van der Waals surface area contributed by atoms with Crippen LogP contribution in [0.25, 0.3) is 0 Å². The minimum absolute atomic E-state index is 0.0369. The number of hydrazine groups is 1. The number of urea groups is 1. The van der Waals surface area contributed by atoms with E-state index in [1.54, 1.807) is 42.5 Å². The van der Waals surface area contributed by atoms with Gasteiger partial charge in [-0.1, -0.05) is 62.4 Å². The zero-order valence-corrected chi connectivity index (χ0v) is 26.2. The zero-order chi connectivity index (χ0) is 34.2. The molecule has 2 aromatic carbocycles. The standard InChI is InChI=1S/C32H43N7O7/c1-5-15-39(31(45)27(35-21(4)40)18-23-11-13-24(41)14-12-23)38-32(46)34-19-28(42)36-26(17-22-9-7-6-8-10-22)30(44)37-25(29(33)43)16-20(2)3/h5-14,20,25-27,41H,1,15-19H2,2-4H3,(H2,33,43)(H,35,40)(H,36,42)(H,37,44)(H2,34,38,46)/t25-,26-,27-/m0/s1. The molecule has 8 N–H and O–H groups in total. The van der Waals surface area contributed by atoms with Crippen LogP contribution in [0.2, 0.25) is 0 Å². The molecule has 2 rings (SSSR count).